The molecule has 2 rings (SSSR count). The van der Waals surface area contributed by atoms with E-state index in [1.165, 1.54) is 18.9 Å². The smallest absolute Gasteiger partial charge is 0.288 e. The Morgan fingerprint density at radius 1 is 1.45 bits per heavy atom. The van der Waals surface area contributed by atoms with Crippen molar-refractivity contribution in [3.63, 3.8) is 0 Å². The van der Waals surface area contributed by atoms with Crippen molar-refractivity contribution in [2.24, 2.45) is 0 Å². The number of ether oxygens (including phenoxy) is 1. The minimum absolute atomic E-state index is 0.0402. The molecule has 1 atom stereocenters. The van der Waals surface area contributed by atoms with E-state index >= 15 is 0 Å². The summed E-state index contributed by atoms with van der Waals surface area (Å²) in [5, 5.41) is 14.3. The van der Waals surface area contributed by atoms with Gasteiger partial charge in [-0.3, -0.25) is 10.1 Å². The quantitative estimate of drug-likeness (QED) is 0.497. The Morgan fingerprint density at radius 3 is 3.00 bits per heavy atom. The standard InChI is InChI=1S/C14H19ClN2O3/c15-13-5-4-11(9-14(13)17(18)19)10-16-7-6-12-3-1-2-8-20-12/h4-5,9,12,16H,1-3,6-8,10H2. The van der Waals surface area contributed by atoms with Gasteiger partial charge in [0.1, 0.15) is 5.02 Å². The molecule has 1 aliphatic heterocycles. The van der Waals surface area contributed by atoms with E-state index in [0.29, 0.717) is 12.6 Å². The summed E-state index contributed by atoms with van der Waals surface area (Å²) in [6.45, 7) is 2.32. The third-order valence-corrected chi connectivity index (χ3v) is 3.77. The Morgan fingerprint density at radius 2 is 2.30 bits per heavy atom. The van der Waals surface area contributed by atoms with E-state index in [1.807, 2.05) is 0 Å². The van der Waals surface area contributed by atoms with Gasteiger partial charge in [-0.2, -0.15) is 0 Å². The molecule has 0 bridgehead atoms. The van der Waals surface area contributed by atoms with E-state index < -0.39 is 4.92 Å². The fourth-order valence-electron chi connectivity index (χ4n) is 2.34. The molecule has 20 heavy (non-hydrogen) atoms. The summed E-state index contributed by atoms with van der Waals surface area (Å²) in [4.78, 5) is 10.3. The molecule has 110 valence electrons. The fraction of sp³-hybridized carbons (Fsp3) is 0.571. The summed E-state index contributed by atoms with van der Waals surface area (Å²) in [7, 11) is 0. The van der Waals surface area contributed by atoms with Crippen LogP contribution in [0.15, 0.2) is 18.2 Å². The highest BCUT2D eigenvalue weighted by atomic mass is 35.5. The van der Waals surface area contributed by atoms with Crippen molar-refractivity contribution in [1.82, 2.24) is 5.32 Å². The fourth-order valence-corrected chi connectivity index (χ4v) is 2.53. The largest absolute Gasteiger partial charge is 0.378 e. The van der Waals surface area contributed by atoms with Crippen LogP contribution in [0, 0.1) is 10.1 Å². The molecule has 6 heteroatoms. The molecule has 1 aliphatic rings. The van der Waals surface area contributed by atoms with Crippen LogP contribution in [0.4, 0.5) is 5.69 Å². The van der Waals surface area contributed by atoms with Gasteiger partial charge < -0.3 is 10.1 Å². The van der Waals surface area contributed by atoms with Gasteiger partial charge >= 0.3 is 0 Å². The van der Waals surface area contributed by atoms with Crippen LogP contribution in [0.5, 0.6) is 0 Å². The van der Waals surface area contributed by atoms with Crippen molar-refractivity contribution in [3.8, 4) is 0 Å². The monoisotopic (exact) mass is 298 g/mol. The van der Waals surface area contributed by atoms with Crippen LogP contribution in [-0.2, 0) is 11.3 Å². The molecule has 0 aromatic heterocycles. The normalized spacial score (nSPS) is 18.9. The Kier molecular flexibility index (Phi) is 5.76. The topological polar surface area (TPSA) is 64.4 Å². The average Bonchev–Trinajstić information content (AvgIpc) is 2.46. The minimum Gasteiger partial charge on any atom is -0.378 e. The van der Waals surface area contributed by atoms with Crippen LogP contribution in [0.3, 0.4) is 0 Å². The van der Waals surface area contributed by atoms with Crippen molar-refractivity contribution >= 4 is 17.3 Å². The number of nitro benzene ring substituents is 1. The maximum Gasteiger partial charge on any atom is 0.288 e. The molecule has 1 aromatic carbocycles. The zero-order chi connectivity index (χ0) is 14.4. The van der Waals surface area contributed by atoms with E-state index in [1.54, 1.807) is 12.1 Å². The Bertz CT molecular complexity index is 462. The molecular formula is C14H19ClN2O3. The van der Waals surface area contributed by atoms with E-state index in [0.717, 1.165) is 31.6 Å². The Labute approximate surface area is 123 Å². The molecule has 0 amide bonds. The highest BCUT2D eigenvalue weighted by Gasteiger charge is 2.14. The SMILES string of the molecule is O=[N+]([O-])c1cc(CNCCC2CCCCO2)ccc1Cl. The molecule has 1 aromatic rings. The highest BCUT2D eigenvalue weighted by molar-refractivity contribution is 6.32. The van der Waals surface area contributed by atoms with E-state index in [2.05, 4.69) is 5.32 Å². The van der Waals surface area contributed by atoms with Gasteiger partial charge in [-0.25, -0.2) is 0 Å². The van der Waals surface area contributed by atoms with E-state index in [-0.39, 0.29) is 10.7 Å². The van der Waals surface area contributed by atoms with E-state index in [9.17, 15) is 10.1 Å². The van der Waals surface area contributed by atoms with Crippen molar-refractivity contribution < 1.29 is 9.66 Å². The lowest BCUT2D eigenvalue weighted by Crippen LogP contribution is -2.25. The third kappa shape index (κ3) is 4.44. The van der Waals surface area contributed by atoms with Gasteiger partial charge in [-0.1, -0.05) is 17.7 Å². The second-order valence-corrected chi connectivity index (χ2v) is 5.40. The third-order valence-electron chi connectivity index (χ3n) is 3.45. The van der Waals surface area contributed by atoms with Crippen molar-refractivity contribution in [2.75, 3.05) is 13.2 Å². The highest BCUT2D eigenvalue weighted by Crippen LogP contribution is 2.25. The number of hydrogen-bond donors (Lipinski definition) is 1. The first-order chi connectivity index (χ1) is 9.66. The molecule has 1 saturated heterocycles. The van der Waals surface area contributed by atoms with Crippen molar-refractivity contribution in [1.29, 1.82) is 0 Å². The molecule has 5 nitrogen and oxygen atoms in total. The predicted molar refractivity (Wildman–Crippen MR) is 78.0 cm³/mol. The van der Waals surface area contributed by atoms with Gasteiger partial charge in [0.2, 0.25) is 0 Å². The number of nitrogens with one attached hydrogen (secondary N) is 1. The van der Waals surface area contributed by atoms with Gasteiger partial charge in [-0.15, -0.1) is 0 Å². The average molecular weight is 299 g/mol. The van der Waals surface area contributed by atoms with Crippen LogP contribution in [0.25, 0.3) is 0 Å². The molecule has 1 fully saturated rings. The lowest BCUT2D eigenvalue weighted by Gasteiger charge is -2.22. The lowest BCUT2D eigenvalue weighted by molar-refractivity contribution is -0.384. The molecule has 0 aliphatic carbocycles. The number of halogens is 1. The van der Waals surface area contributed by atoms with Crippen LogP contribution in [-0.4, -0.2) is 24.2 Å². The number of benzene rings is 1. The first-order valence-corrected chi connectivity index (χ1v) is 7.30. The maximum absolute atomic E-state index is 10.8. The van der Waals surface area contributed by atoms with Gasteiger partial charge in [0, 0.05) is 19.2 Å². The number of hydrogen-bond acceptors (Lipinski definition) is 4. The Hall–Kier alpha value is -1.17. The molecule has 1 heterocycles. The van der Waals surface area contributed by atoms with Crippen LogP contribution in [0.2, 0.25) is 5.02 Å². The molecule has 0 radical (unpaired) electrons. The van der Waals surface area contributed by atoms with Crippen LogP contribution < -0.4 is 5.32 Å². The van der Waals surface area contributed by atoms with Crippen LogP contribution >= 0.6 is 11.6 Å². The molecule has 1 unspecified atom stereocenters. The van der Waals surface area contributed by atoms with Crippen LogP contribution in [0.1, 0.15) is 31.2 Å². The zero-order valence-corrected chi connectivity index (χ0v) is 12.1. The zero-order valence-electron chi connectivity index (χ0n) is 11.3. The molecule has 1 N–H and O–H groups in total. The summed E-state index contributed by atoms with van der Waals surface area (Å²) in [5.41, 5.74) is 0.826. The van der Waals surface area contributed by atoms with Gasteiger partial charge in [0.15, 0.2) is 0 Å². The van der Waals surface area contributed by atoms with Crippen molar-refractivity contribution in [3.05, 3.63) is 38.9 Å². The number of nitro groups is 1. The summed E-state index contributed by atoms with van der Waals surface area (Å²) < 4.78 is 5.65. The van der Waals surface area contributed by atoms with Gasteiger partial charge in [0.05, 0.1) is 11.0 Å². The molecule has 0 spiro atoms. The molecular weight excluding hydrogens is 280 g/mol. The second kappa shape index (κ2) is 7.57. The van der Waals surface area contributed by atoms with Crippen molar-refractivity contribution in [2.45, 2.75) is 38.3 Å². The summed E-state index contributed by atoms with van der Waals surface area (Å²) in [6, 6.07) is 4.90. The van der Waals surface area contributed by atoms with Gasteiger partial charge in [0.25, 0.3) is 5.69 Å². The first-order valence-electron chi connectivity index (χ1n) is 6.92. The second-order valence-electron chi connectivity index (χ2n) is 5.00. The predicted octanol–water partition coefficient (Wildman–Crippen LogP) is 3.30. The summed E-state index contributed by atoms with van der Waals surface area (Å²) in [5.74, 6) is 0. The minimum atomic E-state index is -0.457. The van der Waals surface area contributed by atoms with E-state index in [4.69, 9.17) is 16.3 Å². The maximum atomic E-state index is 10.8. The van der Waals surface area contributed by atoms with Gasteiger partial charge in [-0.05, 0) is 43.9 Å². The summed E-state index contributed by atoms with van der Waals surface area (Å²) >= 11 is 5.78. The molecule has 0 saturated carbocycles. The number of nitrogens with zero attached hydrogens (tertiary/aromatic N) is 1. The lowest BCUT2D eigenvalue weighted by atomic mass is 10.1. The summed E-state index contributed by atoms with van der Waals surface area (Å²) in [6.07, 6.45) is 4.88. The first kappa shape index (κ1) is 15.2. The number of rotatable bonds is 6. The Balaban J connectivity index is 1.76.